The van der Waals surface area contributed by atoms with Gasteiger partial charge in [-0.15, -0.1) is 0 Å². The molecular formula is C28H25F3N6O3. The molecule has 1 atom stereocenters. The molecule has 0 spiro atoms. The molecule has 12 heteroatoms. The first kappa shape index (κ1) is 25.8. The maximum atomic E-state index is 13.7. The fraction of sp³-hybridized carbons (Fsp3) is 0.286. The first-order chi connectivity index (χ1) is 19.1. The van der Waals surface area contributed by atoms with E-state index in [4.69, 9.17) is 4.74 Å². The highest BCUT2D eigenvalue weighted by Crippen LogP contribution is 2.29. The molecule has 4 heterocycles. The van der Waals surface area contributed by atoms with Gasteiger partial charge in [0.1, 0.15) is 6.54 Å². The number of carbonyl (C=O) groups excluding carboxylic acids is 1. The number of para-hydroxylation sites is 1. The zero-order valence-electron chi connectivity index (χ0n) is 21.7. The van der Waals surface area contributed by atoms with Crippen molar-refractivity contribution < 1.29 is 22.7 Å². The van der Waals surface area contributed by atoms with Gasteiger partial charge in [0.2, 0.25) is 5.91 Å². The van der Waals surface area contributed by atoms with Crippen LogP contribution in [-0.4, -0.2) is 66.7 Å². The predicted octanol–water partition coefficient (Wildman–Crippen LogP) is 3.84. The van der Waals surface area contributed by atoms with Crippen LogP contribution in [0.4, 0.5) is 13.2 Å². The molecule has 1 fully saturated rings. The van der Waals surface area contributed by atoms with Crippen LogP contribution < -0.4 is 5.69 Å². The van der Waals surface area contributed by atoms with Gasteiger partial charge in [-0.05, 0) is 36.2 Å². The van der Waals surface area contributed by atoms with Gasteiger partial charge in [0.05, 0.1) is 47.8 Å². The Labute approximate surface area is 226 Å². The molecule has 0 bridgehead atoms. The molecular weight excluding hydrogens is 525 g/mol. The summed E-state index contributed by atoms with van der Waals surface area (Å²) in [4.78, 5) is 32.3. The standard InChI is InChI=1S/C28H25F3N6O3/c1-17-4-3-5-22-26(17)37(27(39)36(22)16-25(38)35-10-11-40-24(15-35)28(29,30)31)19-8-6-18(7-9-19)20-12-32-14-23-21(20)13-33-34(23)2/h3-9,12-14,24H,10-11,15-16H2,1-2H3. The molecule has 1 aliphatic rings. The van der Waals surface area contributed by atoms with E-state index < -0.39 is 30.4 Å². The lowest BCUT2D eigenvalue weighted by atomic mass is 10.0. The van der Waals surface area contributed by atoms with Crippen molar-refractivity contribution >= 4 is 27.8 Å². The van der Waals surface area contributed by atoms with Crippen LogP contribution >= 0.6 is 0 Å². The van der Waals surface area contributed by atoms with Gasteiger partial charge in [0.15, 0.2) is 6.10 Å². The molecule has 0 radical (unpaired) electrons. The lowest BCUT2D eigenvalue weighted by molar-refractivity contribution is -0.236. The smallest absolute Gasteiger partial charge is 0.365 e. The second-order valence-electron chi connectivity index (χ2n) is 9.82. The number of amides is 1. The number of nitrogens with zero attached hydrogens (tertiary/aromatic N) is 6. The third-order valence-electron chi connectivity index (χ3n) is 7.34. The Morgan fingerprint density at radius 2 is 1.85 bits per heavy atom. The monoisotopic (exact) mass is 550 g/mol. The average molecular weight is 551 g/mol. The van der Waals surface area contributed by atoms with Crippen molar-refractivity contribution in [2.24, 2.45) is 7.05 Å². The van der Waals surface area contributed by atoms with Crippen LogP contribution in [0.25, 0.3) is 38.8 Å². The van der Waals surface area contributed by atoms with E-state index in [0.717, 1.165) is 32.5 Å². The molecule has 1 amide bonds. The van der Waals surface area contributed by atoms with Crippen LogP contribution in [0.15, 0.2) is 65.8 Å². The largest absolute Gasteiger partial charge is 0.416 e. The Balaban J connectivity index is 1.37. The van der Waals surface area contributed by atoms with Crippen molar-refractivity contribution in [3.05, 3.63) is 77.1 Å². The zero-order valence-corrected chi connectivity index (χ0v) is 21.7. The van der Waals surface area contributed by atoms with Gasteiger partial charge in [0, 0.05) is 30.7 Å². The number of carbonyl (C=O) groups is 1. The first-order valence-electron chi connectivity index (χ1n) is 12.7. The van der Waals surface area contributed by atoms with Crippen LogP contribution in [0, 0.1) is 6.92 Å². The minimum Gasteiger partial charge on any atom is -0.365 e. The lowest BCUT2D eigenvalue weighted by Crippen LogP contribution is -2.52. The summed E-state index contributed by atoms with van der Waals surface area (Å²) in [5.41, 5.74) is 4.78. The van der Waals surface area contributed by atoms with Crippen molar-refractivity contribution in [1.82, 2.24) is 28.8 Å². The maximum Gasteiger partial charge on any atom is 0.416 e. The summed E-state index contributed by atoms with van der Waals surface area (Å²) in [7, 11) is 1.85. The number of hydrogen-bond donors (Lipinski definition) is 0. The molecule has 3 aromatic heterocycles. The lowest BCUT2D eigenvalue weighted by Gasteiger charge is -2.33. The Kier molecular flexibility index (Phi) is 6.21. The summed E-state index contributed by atoms with van der Waals surface area (Å²) in [6, 6.07) is 12.8. The highest BCUT2D eigenvalue weighted by atomic mass is 19.4. The minimum absolute atomic E-state index is 0.0256. The fourth-order valence-corrected chi connectivity index (χ4v) is 5.25. The zero-order chi connectivity index (χ0) is 28.2. The summed E-state index contributed by atoms with van der Waals surface area (Å²) in [5, 5.41) is 5.26. The number of morpholine rings is 1. The number of pyridine rings is 1. The van der Waals surface area contributed by atoms with Gasteiger partial charge < -0.3 is 9.64 Å². The van der Waals surface area contributed by atoms with E-state index in [0.29, 0.717) is 16.7 Å². The molecule has 2 aromatic carbocycles. The Bertz CT molecular complexity index is 1800. The van der Waals surface area contributed by atoms with E-state index in [1.165, 1.54) is 9.13 Å². The predicted molar refractivity (Wildman–Crippen MR) is 142 cm³/mol. The van der Waals surface area contributed by atoms with Gasteiger partial charge in [-0.2, -0.15) is 18.3 Å². The fourth-order valence-electron chi connectivity index (χ4n) is 5.25. The highest BCUT2D eigenvalue weighted by molar-refractivity contribution is 5.94. The average Bonchev–Trinajstić information content (AvgIpc) is 3.46. The minimum atomic E-state index is -4.58. The third-order valence-corrected chi connectivity index (χ3v) is 7.34. The van der Waals surface area contributed by atoms with Crippen LogP contribution in [-0.2, 0) is 23.1 Å². The van der Waals surface area contributed by atoms with E-state index in [2.05, 4.69) is 10.1 Å². The molecule has 40 heavy (non-hydrogen) atoms. The molecule has 0 N–H and O–H groups in total. The number of hydrogen-bond acceptors (Lipinski definition) is 5. The van der Waals surface area contributed by atoms with Gasteiger partial charge in [-0.1, -0.05) is 24.3 Å². The molecule has 0 aliphatic carbocycles. The third kappa shape index (κ3) is 4.34. The number of aryl methyl sites for hydroxylation is 2. The van der Waals surface area contributed by atoms with Crippen molar-refractivity contribution in [3.63, 3.8) is 0 Å². The van der Waals surface area contributed by atoms with Crippen molar-refractivity contribution in [3.8, 4) is 16.8 Å². The number of alkyl halides is 3. The Hall–Kier alpha value is -4.45. The van der Waals surface area contributed by atoms with E-state index in [1.54, 1.807) is 35.4 Å². The van der Waals surface area contributed by atoms with Crippen LogP contribution in [0.1, 0.15) is 5.56 Å². The van der Waals surface area contributed by atoms with Crippen LogP contribution in [0.5, 0.6) is 0 Å². The molecule has 1 aliphatic heterocycles. The summed E-state index contributed by atoms with van der Waals surface area (Å²) >= 11 is 0. The number of benzene rings is 2. The number of aromatic nitrogens is 5. The number of imidazole rings is 1. The maximum absolute atomic E-state index is 13.7. The molecule has 206 valence electrons. The summed E-state index contributed by atoms with van der Waals surface area (Å²) < 4.78 is 49.0. The van der Waals surface area contributed by atoms with Gasteiger partial charge in [-0.25, -0.2) is 4.79 Å². The normalized spacial score (nSPS) is 16.2. The number of fused-ring (bicyclic) bond motifs is 2. The molecule has 9 nitrogen and oxygen atoms in total. The Morgan fingerprint density at radius 1 is 1.07 bits per heavy atom. The van der Waals surface area contributed by atoms with Crippen LogP contribution in [0.2, 0.25) is 0 Å². The SMILES string of the molecule is Cc1cccc2c1n(-c1ccc(-c3cncc4c3cnn4C)cc1)c(=O)n2CC(=O)N1CCOC(C(F)(F)F)C1. The topological polar surface area (TPSA) is 87.2 Å². The number of rotatable bonds is 4. The van der Waals surface area contributed by atoms with E-state index >= 15 is 0 Å². The molecule has 5 aromatic rings. The molecule has 1 saturated heterocycles. The number of ether oxygens (including phenoxy) is 1. The second kappa shape index (κ2) is 9.63. The summed E-state index contributed by atoms with van der Waals surface area (Å²) in [6.07, 6.45) is -1.32. The highest BCUT2D eigenvalue weighted by Gasteiger charge is 2.44. The quantitative estimate of drug-likeness (QED) is 0.340. The van der Waals surface area contributed by atoms with Crippen molar-refractivity contribution in [2.75, 3.05) is 19.7 Å². The van der Waals surface area contributed by atoms with Gasteiger partial charge in [0.25, 0.3) is 0 Å². The first-order valence-corrected chi connectivity index (χ1v) is 12.7. The van der Waals surface area contributed by atoms with E-state index in [1.807, 2.05) is 44.3 Å². The molecule has 1 unspecified atom stereocenters. The van der Waals surface area contributed by atoms with E-state index in [-0.39, 0.29) is 19.7 Å². The van der Waals surface area contributed by atoms with E-state index in [9.17, 15) is 22.8 Å². The van der Waals surface area contributed by atoms with Gasteiger partial charge in [-0.3, -0.25) is 23.6 Å². The Morgan fingerprint density at radius 3 is 2.60 bits per heavy atom. The molecule has 6 rings (SSSR count). The van der Waals surface area contributed by atoms with Crippen molar-refractivity contribution in [1.29, 1.82) is 0 Å². The van der Waals surface area contributed by atoms with Crippen molar-refractivity contribution in [2.45, 2.75) is 25.7 Å². The molecule has 0 saturated carbocycles. The summed E-state index contributed by atoms with van der Waals surface area (Å²) in [6.45, 7) is 0.680. The second-order valence-corrected chi connectivity index (χ2v) is 9.82. The summed E-state index contributed by atoms with van der Waals surface area (Å²) in [5.74, 6) is -0.576. The van der Waals surface area contributed by atoms with Gasteiger partial charge >= 0.3 is 11.9 Å². The number of halogens is 3. The van der Waals surface area contributed by atoms with Crippen LogP contribution in [0.3, 0.4) is 0 Å².